The predicted octanol–water partition coefficient (Wildman–Crippen LogP) is 5.35. The zero-order valence-electron chi connectivity index (χ0n) is 21.7. The Bertz CT molecular complexity index is 1650. The van der Waals surface area contributed by atoms with Gasteiger partial charge in [-0.1, -0.05) is 54.6 Å². The number of carbonyl (C=O) groups is 4. The van der Waals surface area contributed by atoms with Crippen LogP contribution in [-0.4, -0.2) is 46.2 Å². The van der Waals surface area contributed by atoms with Crippen LogP contribution in [-0.2, 0) is 16.0 Å². The third kappa shape index (κ3) is 5.35. The van der Waals surface area contributed by atoms with Crippen LogP contribution in [0, 0.1) is 10.1 Å². The highest BCUT2D eigenvalue weighted by Crippen LogP contribution is 2.38. The molecule has 10 nitrogen and oxygen atoms in total. The highest BCUT2D eigenvalue weighted by Gasteiger charge is 2.43. The number of fused-ring (bicyclic) bond motifs is 1. The van der Waals surface area contributed by atoms with Crippen LogP contribution < -0.4 is 5.32 Å². The second-order valence-electron chi connectivity index (χ2n) is 9.10. The van der Waals surface area contributed by atoms with Crippen molar-refractivity contribution < 1.29 is 28.8 Å². The predicted molar refractivity (Wildman–Crippen MR) is 152 cm³/mol. The standard InChI is InChI=1S/C30H23N3O7S/c1-2-40-30(37)25-23(19-11-8-12-20(16-19)33(38)39)17-41-27(25)31-26(34)24(15-18-9-4-3-5-10-18)32-28(35)21-13-6-7-14-22(21)29(32)36/h3-14,16-17,24H,2,15H2,1H3,(H,31,34). The van der Waals surface area contributed by atoms with Crippen molar-refractivity contribution in [2.24, 2.45) is 0 Å². The van der Waals surface area contributed by atoms with Gasteiger partial charge in [0, 0.05) is 29.5 Å². The van der Waals surface area contributed by atoms with E-state index in [0.717, 1.165) is 21.8 Å². The van der Waals surface area contributed by atoms with Crippen molar-refractivity contribution in [3.8, 4) is 11.1 Å². The number of hydrogen-bond donors (Lipinski definition) is 1. The Morgan fingerprint density at radius 2 is 1.61 bits per heavy atom. The SMILES string of the molecule is CCOC(=O)c1c(-c2cccc([N+](=O)[O-])c2)csc1NC(=O)C(Cc1ccccc1)N1C(=O)c2ccccc2C1=O. The summed E-state index contributed by atoms with van der Waals surface area (Å²) in [6.45, 7) is 1.69. The smallest absolute Gasteiger partial charge is 0.341 e. The summed E-state index contributed by atoms with van der Waals surface area (Å²) in [5.74, 6) is -2.58. The molecule has 0 fully saturated rings. The molecule has 0 spiro atoms. The first-order valence-corrected chi connectivity index (χ1v) is 13.5. The number of nitro benzene ring substituents is 1. The molecule has 4 aromatic rings. The molecule has 0 saturated carbocycles. The lowest BCUT2D eigenvalue weighted by molar-refractivity contribution is -0.384. The van der Waals surface area contributed by atoms with Crippen LogP contribution in [0.15, 0.2) is 84.2 Å². The molecule has 1 atom stereocenters. The molecule has 0 bridgehead atoms. The van der Waals surface area contributed by atoms with Crippen LogP contribution in [0.5, 0.6) is 0 Å². The molecular weight excluding hydrogens is 546 g/mol. The maximum Gasteiger partial charge on any atom is 0.341 e. The van der Waals surface area contributed by atoms with Crippen LogP contribution in [0.4, 0.5) is 10.7 Å². The Hall–Kier alpha value is -5.16. The second kappa shape index (κ2) is 11.5. The fraction of sp³-hybridized carbons (Fsp3) is 0.133. The molecule has 0 radical (unpaired) electrons. The van der Waals surface area contributed by atoms with Crippen molar-refractivity contribution in [2.75, 3.05) is 11.9 Å². The van der Waals surface area contributed by atoms with Gasteiger partial charge in [-0.2, -0.15) is 0 Å². The van der Waals surface area contributed by atoms with Gasteiger partial charge in [-0.05, 0) is 30.2 Å². The summed E-state index contributed by atoms with van der Waals surface area (Å²) in [7, 11) is 0. The summed E-state index contributed by atoms with van der Waals surface area (Å²) in [4.78, 5) is 65.4. The Labute approximate surface area is 238 Å². The van der Waals surface area contributed by atoms with E-state index in [9.17, 15) is 29.3 Å². The number of hydrogen-bond acceptors (Lipinski definition) is 8. The van der Waals surface area contributed by atoms with Crippen LogP contribution in [0.25, 0.3) is 11.1 Å². The number of anilines is 1. The topological polar surface area (TPSA) is 136 Å². The summed E-state index contributed by atoms with van der Waals surface area (Å²) in [5.41, 5.74) is 1.72. The third-order valence-electron chi connectivity index (χ3n) is 6.59. The quantitative estimate of drug-likeness (QED) is 0.124. The summed E-state index contributed by atoms with van der Waals surface area (Å²) in [6.07, 6.45) is 0.0377. The fourth-order valence-corrected chi connectivity index (χ4v) is 5.64. The van der Waals surface area contributed by atoms with Gasteiger partial charge in [-0.3, -0.25) is 29.4 Å². The van der Waals surface area contributed by atoms with Crippen molar-refractivity contribution in [3.05, 3.63) is 117 Å². The van der Waals surface area contributed by atoms with E-state index in [1.807, 2.05) is 6.07 Å². The lowest BCUT2D eigenvalue weighted by atomic mass is 10.0. The molecule has 3 aromatic carbocycles. The Balaban J connectivity index is 1.53. The molecule has 1 aliphatic heterocycles. The number of amides is 3. The molecule has 3 amide bonds. The number of nitrogens with one attached hydrogen (secondary N) is 1. The maximum atomic E-state index is 13.9. The maximum absolute atomic E-state index is 13.9. The third-order valence-corrected chi connectivity index (χ3v) is 7.48. The molecule has 41 heavy (non-hydrogen) atoms. The van der Waals surface area contributed by atoms with Crippen LogP contribution in [0.2, 0.25) is 0 Å². The minimum atomic E-state index is -1.23. The van der Waals surface area contributed by atoms with Crippen LogP contribution in [0.3, 0.4) is 0 Å². The Kier molecular flexibility index (Phi) is 7.70. The van der Waals surface area contributed by atoms with Crippen LogP contribution >= 0.6 is 11.3 Å². The molecule has 1 aliphatic rings. The number of non-ortho nitro benzene ring substituents is 1. The molecule has 1 aromatic heterocycles. The van der Waals surface area contributed by atoms with Crippen molar-refractivity contribution in [2.45, 2.75) is 19.4 Å². The average Bonchev–Trinajstić information content (AvgIpc) is 3.51. The first kappa shape index (κ1) is 27.4. The second-order valence-corrected chi connectivity index (χ2v) is 9.98. The van der Waals surface area contributed by atoms with Gasteiger partial charge in [0.05, 0.1) is 22.7 Å². The monoisotopic (exact) mass is 569 g/mol. The number of esters is 1. The van der Waals surface area contributed by atoms with Crippen molar-refractivity contribution in [1.29, 1.82) is 0 Å². The van der Waals surface area contributed by atoms with Gasteiger partial charge in [-0.15, -0.1) is 11.3 Å². The highest BCUT2D eigenvalue weighted by molar-refractivity contribution is 7.15. The van der Waals surface area contributed by atoms with E-state index in [1.165, 1.54) is 30.3 Å². The summed E-state index contributed by atoms with van der Waals surface area (Å²) in [5, 5.41) is 15.8. The molecule has 1 N–H and O–H groups in total. The number of thiophene rings is 1. The number of imide groups is 1. The van der Waals surface area contributed by atoms with E-state index < -0.39 is 34.7 Å². The first-order valence-electron chi connectivity index (χ1n) is 12.6. The molecule has 2 heterocycles. The van der Waals surface area contributed by atoms with Gasteiger partial charge < -0.3 is 10.1 Å². The summed E-state index contributed by atoms with van der Waals surface area (Å²) >= 11 is 1.03. The molecule has 11 heteroatoms. The normalized spacial score (nSPS) is 13.0. The van der Waals surface area contributed by atoms with Crippen LogP contribution in [0.1, 0.15) is 43.6 Å². The van der Waals surface area contributed by atoms with E-state index in [1.54, 1.807) is 54.8 Å². The van der Waals surface area contributed by atoms with E-state index in [0.29, 0.717) is 11.1 Å². The fourth-order valence-electron chi connectivity index (χ4n) is 4.68. The zero-order chi connectivity index (χ0) is 29.1. The summed E-state index contributed by atoms with van der Waals surface area (Å²) in [6, 6.07) is 19.9. The zero-order valence-corrected chi connectivity index (χ0v) is 22.6. The summed E-state index contributed by atoms with van der Waals surface area (Å²) < 4.78 is 5.24. The first-order chi connectivity index (χ1) is 19.8. The largest absolute Gasteiger partial charge is 0.462 e. The van der Waals surface area contributed by atoms with E-state index in [2.05, 4.69) is 5.32 Å². The molecule has 0 aliphatic carbocycles. The lowest BCUT2D eigenvalue weighted by Gasteiger charge is -2.25. The number of nitrogens with zero attached hydrogens (tertiary/aromatic N) is 2. The van der Waals surface area contributed by atoms with Gasteiger partial charge in [0.2, 0.25) is 5.91 Å². The van der Waals surface area contributed by atoms with Gasteiger partial charge in [0.1, 0.15) is 16.6 Å². The number of rotatable bonds is 9. The number of carbonyl (C=O) groups excluding carboxylic acids is 4. The molecule has 0 saturated heterocycles. The number of benzene rings is 3. The van der Waals surface area contributed by atoms with Gasteiger partial charge in [0.15, 0.2) is 0 Å². The molecule has 206 valence electrons. The molecule has 1 unspecified atom stereocenters. The minimum Gasteiger partial charge on any atom is -0.462 e. The van der Waals surface area contributed by atoms with E-state index >= 15 is 0 Å². The minimum absolute atomic E-state index is 0.0199. The highest BCUT2D eigenvalue weighted by atomic mass is 32.1. The van der Waals surface area contributed by atoms with E-state index in [-0.39, 0.29) is 40.4 Å². The van der Waals surface area contributed by atoms with Gasteiger partial charge in [-0.25, -0.2) is 4.79 Å². The number of ether oxygens (including phenoxy) is 1. The lowest BCUT2D eigenvalue weighted by Crippen LogP contribution is -2.48. The van der Waals surface area contributed by atoms with Crippen molar-refractivity contribution >= 4 is 45.7 Å². The molecule has 5 rings (SSSR count). The number of nitro groups is 1. The molecular formula is C30H23N3O7S. The van der Waals surface area contributed by atoms with E-state index in [4.69, 9.17) is 4.74 Å². The van der Waals surface area contributed by atoms with Crippen molar-refractivity contribution in [1.82, 2.24) is 4.90 Å². The van der Waals surface area contributed by atoms with Crippen molar-refractivity contribution in [3.63, 3.8) is 0 Å². The van der Waals surface area contributed by atoms with Gasteiger partial charge >= 0.3 is 5.97 Å². The van der Waals surface area contributed by atoms with Gasteiger partial charge in [0.25, 0.3) is 17.5 Å². The average molecular weight is 570 g/mol. The Morgan fingerprint density at radius 3 is 2.24 bits per heavy atom. The Morgan fingerprint density at radius 1 is 0.951 bits per heavy atom.